The molecule has 2 aromatic rings. The van der Waals surface area contributed by atoms with Crippen LogP contribution in [0, 0.1) is 0 Å². The number of hydrogen-bond acceptors (Lipinski definition) is 4. The van der Waals surface area contributed by atoms with Gasteiger partial charge in [0.1, 0.15) is 5.75 Å². The van der Waals surface area contributed by atoms with Crippen LogP contribution < -0.4 is 10.1 Å². The SMILES string of the molecule is CCCCCCOC(=O)c1ccc(NC(=O)COc2cccc(CC)c2)cc1. The van der Waals surface area contributed by atoms with Gasteiger partial charge in [0.2, 0.25) is 0 Å². The summed E-state index contributed by atoms with van der Waals surface area (Å²) in [7, 11) is 0. The Labute approximate surface area is 167 Å². The summed E-state index contributed by atoms with van der Waals surface area (Å²) in [5.74, 6) is 0.0770. The fraction of sp³-hybridized carbons (Fsp3) is 0.391. The van der Waals surface area contributed by atoms with Crippen molar-refractivity contribution < 1.29 is 19.1 Å². The maximum absolute atomic E-state index is 12.1. The number of benzene rings is 2. The first-order chi connectivity index (χ1) is 13.6. The molecule has 2 rings (SSSR count). The molecule has 0 bridgehead atoms. The number of anilines is 1. The van der Waals surface area contributed by atoms with E-state index in [1.165, 1.54) is 0 Å². The van der Waals surface area contributed by atoms with Crippen molar-refractivity contribution in [1.82, 2.24) is 0 Å². The zero-order valence-corrected chi connectivity index (χ0v) is 16.7. The summed E-state index contributed by atoms with van der Waals surface area (Å²) in [6, 6.07) is 14.3. The van der Waals surface area contributed by atoms with Crippen molar-refractivity contribution in [2.75, 3.05) is 18.5 Å². The van der Waals surface area contributed by atoms with Crippen molar-refractivity contribution in [3.8, 4) is 5.75 Å². The van der Waals surface area contributed by atoms with E-state index in [0.29, 0.717) is 23.6 Å². The highest BCUT2D eigenvalue weighted by atomic mass is 16.5. The van der Waals surface area contributed by atoms with Crippen LogP contribution in [0.4, 0.5) is 5.69 Å². The smallest absolute Gasteiger partial charge is 0.338 e. The van der Waals surface area contributed by atoms with Crippen molar-refractivity contribution >= 4 is 17.6 Å². The number of aryl methyl sites for hydroxylation is 1. The maximum atomic E-state index is 12.1. The van der Waals surface area contributed by atoms with Gasteiger partial charge in [-0.15, -0.1) is 0 Å². The lowest BCUT2D eigenvalue weighted by molar-refractivity contribution is -0.118. The lowest BCUT2D eigenvalue weighted by atomic mass is 10.2. The monoisotopic (exact) mass is 383 g/mol. The molecule has 0 fully saturated rings. The molecule has 0 atom stereocenters. The number of amides is 1. The average Bonchev–Trinajstić information content (AvgIpc) is 2.72. The molecular formula is C23H29NO4. The number of hydrogen-bond donors (Lipinski definition) is 1. The molecule has 28 heavy (non-hydrogen) atoms. The molecule has 0 aliphatic rings. The summed E-state index contributed by atoms with van der Waals surface area (Å²) in [4.78, 5) is 24.1. The van der Waals surface area contributed by atoms with Crippen LogP contribution in [0.15, 0.2) is 48.5 Å². The average molecular weight is 383 g/mol. The molecule has 0 saturated heterocycles. The summed E-state index contributed by atoms with van der Waals surface area (Å²) in [6.45, 7) is 4.57. The van der Waals surface area contributed by atoms with E-state index in [-0.39, 0.29) is 18.5 Å². The second-order valence-corrected chi connectivity index (χ2v) is 6.61. The molecule has 5 nitrogen and oxygen atoms in total. The quantitative estimate of drug-likeness (QED) is 0.438. The Morgan fingerprint density at radius 2 is 1.75 bits per heavy atom. The van der Waals surface area contributed by atoms with Crippen molar-refractivity contribution in [1.29, 1.82) is 0 Å². The Hall–Kier alpha value is -2.82. The lowest BCUT2D eigenvalue weighted by Crippen LogP contribution is -2.20. The Kier molecular flexibility index (Phi) is 9.05. The number of carbonyl (C=O) groups is 2. The molecule has 5 heteroatoms. The number of carbonyl (C=O) groups excluding carboxylic acids is 2. The third-order valence-corrected chi connectivity index (χ3v) is 4.31. The van der Waals surface area contributed by atoms with Crippen LogP contribution in [0.5, 0.6) is 5.75 Å². The molecule has 1 N–H and O–H groups in total. The van der Waals surface area contributed by atoms with Crippen molar-refractivity contribution in [3.05, 3.63) is 59.7 Å². The maximum Gasteiger partial charge on any atom is 0.338 e. The Bertz CT molecular complexity index is 755. The first kappa shape index (κ1) is 21.5. The van der Waals surface area contributed by atoms with Crippen LogP contribution in [-0.2, 0) is 16.0 Å². The van der Waals surface area contributed by atoms with Crippen molar-refractivity contribution in [2.24, 2.45) is 0 Å². The van der Waals surface area contributed by atoms with Gasteiger partial charge in [0.15, 0.2) is 6.61 Å². The number of rotatable bonds is 11. The summed E-state index contributed by atoms with van der Waals surface area (Å²) in [5.41, 5.74) is 2.24. The predicted octanol–water partition coefficient (Wildman–Crippen LogP) is 5.00. The van der Waals surface area contributed by atoms with E-state index < -0.39 is 0 Å². The predicted molar refractivity (Wildman–Crippen MR) is 111 cm³/mol. The molecule has 2 aromatic carbocycles. The second-order valence-electron chi connectivity index (χ2n) is 6.61. The van der Waals surface area contributed by atoms with Crippen molar-refractivity contribution in [3.63, 3.8) is 0 Å². The van der Waals surface area contributed by atoms with Gasteiger partial charge in [-0.05, 0) is 54.8 Å². The Balaban J connectivity index is 1.76. The highest BCUT2D eigenvalue weighted by Gasteiger charge is 2.08. The van der Waals surface area contributed by atoms with Gasteiger partial charge in [0.25, 0.3) is 5.91 Å². The largest absolute Gasteiger partial charge is 0.484 e. The number of nitrogens with one attached hydrogen (secondary N) is 1. The van der Waals surface area contributed by atoms with Gasteiger partial charge in [-0.1, -0.05) is 45.2 Å². The minimum absolute atomic E-state index is 0.0747. The third-order valence-electron chi connectivity index (χ3n) is 4.31. The van der Waals surface area contributed by atoms with Crippen LogP contribution in [-0.4, -0.2) is 25.1 Å². The molecule has 0 unspecified atom stereocenters. The number of esters is 1. The number of ether oxygens (including phenoxy) is 2. The summed E-state index contributed by atoms with van der Waals surface area (Å²) in [6.07, 6.45) is 5.17. The molecule has 150 valence electrons. The summed E-state index contributed by atoms with van der Waals surface area (Å²) in [5, 5.41) is 2.76. The van der Waals surface area contributed by atoms with Gasteiger partial charge in [-0.2, -0.15) is 0 Å². The number of unbranched alkanes of at least 4 members (excludes halogenated alkanes) is 3. The van der Waals surface area contributed by atoms with E-state index in [9.17, 15) is 9.59 Å². The van der Waals surface area contributed by atoms with Gasteiger partial charge in [0.05, 0.1) is 12.2 Å². The molecule has 0 spiro atoms. The van der Waals surface area contributed by atoms with E-state index in [1.807, 2.05) is 24.3 Å². The lowest BCUT2D eigenvalue weighted by Gasteiger charge is -2.09. The van der Waals surface area contributed by atoms with Crippen LogP contribution in [0.3, 0.4) is 0 Å². The zero-order valence-electron chi connectivity index (χ0n) is 16.7. The van der Waals surface area contributed by atoms with Gasteiger partial charge in [-0.25, -0.2) is 4.79 Å². The fourth-order valence-corrected chi connectivity index (χ4v) is 2.67. The van der Waals surface area contributed by atoms with Crippen LogP contribution in [0.1, 0.15) is 55.5 Å². The van der Waals surface area contributed by atoms with Gasteiger partial charge >= 0.3 is 5.97 Å². The van der Waals surface area contributed by atoms with E-state index in [2.05, 4.69) is 19.2 Å². The molecule has 0 heterocycles. The van der Waals surface area contributed by atoms with Gasteiger partial charge in [0, 0.05) is 5.69 Å². The fourth-order valence-electron chi connectivity index (χ4n) is 2.67. The van der Waals surface area contributed by atoms with Crippen molar-refractivity contribution in [2.45, 2.75) is 46.0 Å². The zero-order chi connectivity index (χ0) is 20.2. The first-order valence-electron chi connectivity index (χ1n) is 9.91. The van der Waals surface area contributed by atoms with Crippen LogP contribution in [0.25, 0.3) is 0 Å². The molecular weight excluding hydrogens is 354 g/mol. The molecule has 0 aliphatic carbocycles. The highest BCUT2D eigenvalue weighted by molar-refractivity contribution is 5.93. The molecule has 1 amide bonds. The van der Waals surface area contributed by atoms with E-state index in [1.54, 1.807) is 24.3 Å². The Morgan fingerprint density at radius 3 is 2.46 bits per heavy atom. The third kappa shape index (κ3) is 7.43. The summed E-state index contributed by atoms with van der Waals surface area (Å²) < 4.78 is 10.8. The van der Waals surface area contributed by atoms with Crippen LogP contribution in [0.2, 0.25) is 0 Å². The van der Waals surface area contributed by atoms with E-state index in [4.69, 9.17) is 9.47 Å². The normalized spacial score (nSPS) is 10.4. The first-order valence-corrected chi connectivity index (χ1v) is 9.91. The van der Waals surface area contributed by atoms with Gasteiger partial charge < -0.3 is 14.8 Å². The second kappa shape index (κ2) is 11.8. The summed E-state index contributed by atoms with van der Waals surface area (Å²) >= 11 is 0. The standard InChI is InChI=1S/C23H29NO4/c1-3-5-6-7-15-27-23(26)19-11-13-20(14-12-19)24-22(25)17-28-21-10-8-9-18(4-2)16-21/h8-14,16H,3-7,15,17H2,1-2H3,(H,24,25). The Morgan fingerprint density at radius 1 is 0.964 bits per heavy atom. The minimum Gasteiger partial charge on any atom is -0.484 e. The highest BCUT2D eigenvalue weighted by Crippen LogP contribution is 2.14. The molecule has 0 aromatic heterocycles. The molecule has 0 saturated carbocycles. The molecule has 0 radical (unpaired) electrons. The van der Waals surface area contributed by atoms with E-state index >= 15 is 0 Å². The topological polar surface area (TPSA) is 64.6 Å². The molecule has 0 aliphatic heterocycles. The minimum atomic E-state index is -0.339. The van der Waals surface area contributed by atoms with Gasteiger partial charge in [-0.3, -0.25) is 4.79 Å². The van der Waals surface area contributed by atoms with E-state index in [0.717, 1.165) is 37.7 Å². The van der Waals surface area contributed by atoms with Crippen LogP contribution >= 0.6 is 0 Å².